The molecule has 0 aliphatic carbocycles. The van der Waals surface area contributed by atoms with Crippen LogP contribution >= 0.6 is 12.4 Å². The van der Waals surface area contributed by atoms with E-state index in [0.717, 1.165) is 24.2 Å². The molecule has 1 unspecified atom stereocenters. The normalized spacial score (nSPS) is 20.6. The molecule has 0 radical (unpaired) electrons. The molecule has 0 spiro atoms. The molecule has 1 aromatic carbocycles. The molecule has 1 heterocycles. The van der Waals surface area contributed by atoms with E-state index in [-0.39, 0.29) is 18.6 Å². The van der Waals surface area contributed by atoms with Gasteiger partial charge < -0.3 is 4.74 Å². The third-order valence-corrected chi connectivity index (χ3v) is 2.26. The first kappa shape index (κ1) is 13.3. The zero-order chi connectivity index (χ0) is 10.9. The van der Waals surface area contributed by atoms with Gasteiger partial charge in [0.1, 0.15) is 6.23 Å². The van der Waals surface area contributed by atoms with Crippen molar-refractivity contribution in [1.29, 1.82) is 0 Å². The van der Waals surface area contributed by atoms with Gasteiger partial charge in [0.25, 0.3) is 0 Å². The number of nitrogens with one attached hydrogen (secondary N) is 1. The Kier molecular flexibility index (Phi) is 4.18. The smallest absolute Gasteiger partial charge is 0.358 e. The first-order chi connectivity index (χ1) is 7.07. The van der Waals surface area contributed by atoms with Crippen LogP contribution in [0.15, 0.2) is 24.3 Å². The lowest BCUT2D eigenvalue weighted by Gasteiger charge is -2.12. The van der Waals surface area contributed by atoms with Crippen molar-refractivity contribution in [2.75, 3.05) is 13.2 Å². The molecule has 16 heavy (non-hydrogen) atoms. The standard InChI is InChI=1S/C10H10F3NO.ClH/c11-10(12,13)8-3-1-7(2-4-8)9-14-5-6-15-9;/h1-4,9,14H,5-6H2;1H. The van der Waals surface area contributed by atoms with Crippen molar-refractivity contribution in [3.8, 4) is 0 Å². The Morgan fingerprint density at radius 3 is 2.25 bits per heavy atom. The lowest BCUT2D eigenvalue weighted by atomic mass is 10.1. The zero-order valence-corrected chi connectivity index (χ0v) is 9.07. The van der Waals surface area contributed by atoms with Crippen LogP contribution in [-0.2, 0) is 10.9 Å². The van der Waals surface area contributed by atoms with Crippen LogP contribution in [0.25, 0.3) is 0 Å². The summed E-state index contributed by atoms with van der Waals surface area (Å²) in [6.45, 7) is 1.32. The SMILES string of the molecule is Cl.FC(F)(F)c1ccc(C2NCCO2)cc1. The fraction of sp³-hybridized carbons (Fsp3) is 0.400. The summed E-state index contributed by atoms with van der Waals surface area (Å²) in [5.74, 6) is 0. The average Bonchev–Trinajstić information content (AvgIpc) is 2.69. The van der Waals surface area contributed by atoms with Crippen LogP contribution in [0, 0.1) is 0 Å². The third kappa shape index (κ3) is 2.87. The average molecular weight is 254 g/mol. The Bertz CT molecular complexity index is 333. The van der Waals surface area contributed by atoms with Gasteiger partial charge >= 0.3 is 6.18 Å². The van der Waals surface area contributed by atoms with Crippen LogP contribution in [0.4, 0.5) is 13.2 Å². The molecular formula is C10H11ClF3NO. The van der Waals surface area contributed by atoms with Crippen molar-refractivity contribution in [2.24, 2.45) is 0 Å². The summed E-state index contributed by atoms with van der Waals surface area (Å²) < 4.78 is 42.0. The van der Waals surface area contributed by atoms with Crippen LogP contribution in [0.5, 0.6) is 0 Å². The first-order valence-electron chi connectivity index (χ1n) is 4.59. The zero-order valence-electron chi connectivity index (χ0n) is 8.25. The van der Waals surface area contributed by atoms with E-state index in [4.69, 9.17) is 4.74 Å². The molecule has 6 heteroatoms. The predicted molar refractivity (Wildman–Crippen MR) is 55.4 cm³/mol. The Labute approximate surface area is 97.2 Å². The van der Waals surface area contributed by atoms with Crippen molar-refractivity contribution in [1.82, 2.24) is 5.32 Å². The fourth-order valence-electron chi connectivity index (χ4n) is 1.49. The molecule has 1 saturated heterocycles. The number of hydrogen-bond donors (Lipinski definition) is 1. The molecule has 0 saturated carbocycles. The van der Waals surface area contributed by atoms with Gasteiger partial charge in [-0.25, -0.2) is 0 Å². The lowest BCUT2D eigenvalue weighted by molar-refractivity contribution is -0.137. The Balaban J connectivity index is 0.00000128. The lowest BCUT2D eigenvalue weighted by Crippen LogP contribution is -2.14. The summed E-state index contributed by atoms with van der Waals surface area (Å²) in [7, 11) is 0. The second kappa shape index (κ2) is 5.03. The van der Waals surface area contributed by atoms with Gasteiger partial charge in [0, 0.05) is 6.54 Å². The number of halogens is 4. The highest BCUT2D eigenvalue weighted by atomic mass is 35.5. The minimum absolute atomic E-state index is 0. The quantitative estimate of drug-likeness (QED) is 0.831. The third-order valence-electron chi connectivity index (χ3n) is 2.26. The molecule has 0 aromatic heterocycles. The molecule has 1 fully saturated rings. The first-order valence-corrected chi connectivity index (χ1v) is 4.59. The van der Waals surface area contributed by atoms with Crippen LogP contribution in [0.2, 0.25) is 0 Å². The highest BCUT2D eigenvalue weighted by Crippen LogP contribution is 2.30. The van der Waals surface area contributed by atoms with E-state index in [9.17, 15) is 13.2 Å². The Hall–Kier alpha value is -0.780. The molecule has 1 atom stereocenters. The molecule has 1 aromatic rings. The van der Waals surface area contributed by atoms with Crippen LogP contribution in [-0.4, -0.2) is 13.2 Å². The van der Waals surface area contributed by atoms with Crippen molar-refractivity contribution in [3.63, 3.8) is 0 Å². The summed E-state index contributed by atoms with van der Waals surface area (Å²) in [6, 6.07) is 5.01. The summed E-state index contributed by atoms with van der Waals surface area (Å²) in [4.78, 5) is 0. The molecule has 1 aliphatic heterocycles. The summed E-state index contributed by atoms with van der Waals surface area (Å²) >= 11 is 0. The maximum Gasteiger partial charge on any atom is 0.416 e. The van der Waals surface area contributed by atoms with Crippen LogP contribution < -0.4 is 5.32 Å². The maximum absolute atomic E-state index is 12.2. The Morgan fingerprint density at radius 1 is 1.19 bits per heavy atom. The van der Waals surface area contributed by atoms with E-state index in [1.54, 1.807) is 0 Å². The maximum atomic E-state index is 12.2. The van der Waals surface area contributed by atoms with E-state index in [1.807, 2.05) is 0 Å². The van der Waals surface area contributed by atoms with Gasteiger partial charge in [-0.1, -0.05) is 12.1 Å². The largest absolute Gasteiger partial charge is 0.416 e. The van der Waals surface area contributed by atoms with E-state index >= 15 is 0 Å². The second-order valence-electron chi connectivity index (χ2n) is 3.32. The minimum Gasteiger partial charge on any atom is -0.358 e. The minimum atomic E-state index is -4.28. The molecule has 0 bridgehead atoms. The monoisotopic (exact) mass is 253 g/mol. The van der Waals surface area contributed by atoms with E-state index in [1.165, 1.54) is 12.1 Å². The fourth-order valence-corrected chi connectivity index (χ4v) is 1.49. The summed E-state index contributed by atoms with van der Waals surface area (Å²) in [6.07, 6.45) is -4.55. The topological polar surface area (TPSA) is 21.3 Å². The van der Waals surface area contributed by atoms with E-state index in [0.29, 0.717) is 6.61 Å². The van der Waals surface area contributed by atoms with Gasteiger partial charge in [0.15, 0.2) is 0 Å². The molecule has 1 aliphatic rings. The van der Waals surface area contributed by atoms with Crippen molar-refractivity contribution in [2.45, 2.75) is 12.4 Å². The molecule has 90 valence electrons. The molecule has 0 amide bonds. The van der Waals surface area contributed by atoms with Crippen molar-refractivity contribution >= 4 is 12.4 Å². The summed E-state index contributed by atoms with van der Waals surface area (Å²) in [5.41, 5.74) is 0.0877. The summed E-state index contributed by atoms with van der Waals surface area (Å²) in [5, 5.41) is 3.03. The molecule has 2 nitrogen and oxygen atoms in total. The predicted octanol–water partition coefficient (Wildman–Crippen LogP) is 2.75. The van der Waals surface area contributed by atoms with Crippen LogP contribution in [0.1, 0.15) is 17.4 Å². The van der Waals surface area contributed by atoms with Crippen molar-refractivity contribution < 1.29 is 17.9 Å². The molecule has 2 rings (SSSR count). The number of alkyl halides is 3. The van der Waals surface area contributed by atoms with Crippen LogP contribution in [0.3, 0.4) is 0 Å². The number of rotatable bonds is 1. The van der Waals surface area contributed by atoms with Gasteiger partial charge in [-0.3, -0.25) is 5.32 Å². The Morgan fingerprint density at radius 2 is 1.81 bits per heavy atom. The van der Waals surface area contributed by atoms with E-state index in [2.05, 4.69) is 5.32 Å². The van der Waals surface area contributed by atoms with Gasteiger partial charge in [0.05, 0.1) is 12.2 Å². The van der Waals surface area contributed by atoms with Gasteiger partial charge in [-0.05, 0) is 17.7 Å². The second-order valence-corrected chi connectivity index (χ2v) is 3.32. The molecular weight excluding hydrogens is 243 g/mol. The highest BCUT2D eigenvalue weighted by molar-refractivity contribution is 5.85. The number of hydrogen-bond acceptors (Lipinski definition) is 2. The van der Waals surface area contributed by atoms with Gasteiger partial charge in [0.2, 0.25) is 0 Å². The van der Waals surface area contributed by atoms with E-state index < -0.39 is 11.7 Å². The number of benzene rings is 1. The highest BCUT2D eigenvalue weighted by Gasteiger charge is 2.30. The van der Waals surface area contributed by atoms with Gasteiger partial charge in [-0.2, -0.15) is 13.2 Å². The number of ether oxygens (including phenoxy) is 1. The molecule has 1 N–H and O–H groups in total. The van der Waals surface area contributed by atoms with Crippen molar-refractivity contribution in [3.05, 3.63) is 35.4 Å². The van der Waals surface area contributed by atoms with Gasteiger partial charge in [-0.15, -0.1) is 12.4 Å².